The third-order valence-corrected chi connectivity index (χ3v) is 7.14. The van der Waals surface area contributed by atoms with Crippen molar-refractivity contribution in [2.75, 3.05) is 46.5 Å². The van der Waals surface area contributed by atoms with Crippen molar-refractivity contribution in [3.05, 3.63) is 64.4 Å². The van der Waals surface area contributed by atoms with Crippen LogP contribution in [0.5, 0.6) is 0 Å². The Balaban J connectivity index is 1.61. The number of pyridine rings is 1. The van der Waals surface area contributed by atoms with Crippen molar-refractivity contribution in [3.63, 3.8) is 0 Å². The van der Waals surface area contributed by atoms with Gasteiger partial charge in [0.2, 0.25) is 5.91 Å². The number of alkyl halides is 2. The molecule has 0 bridgehead atoms. The maximum Gasteiger partial charge on any atom is 0.280 e. The zero-order valence-corrected chi connectivity index (χ0v) is 20.4. The summed E-state index contributed by atoms with van der Waals surface area (Å²) in [6, 6.07) is 9.49. The minimum Gasteiger partial charge on any atom is -0.397 e. The van der Waals surface area contributed by atoms with Gasteiger partial charge < -0.3 is 25.5 Å². The summed E-state index contributed by atoms with van der Waals surface area (Å²) in [5.41, 5.74) is 7.80. The van der Waals surface area contributed by atoms with Crippen molar-refractivity contribution < 1.29 is 18.7 Å². The Morgan fingerprint density at radius 3 is 2.43 bits per heavy atom. The normalized spacial score (nSPS) is 18.4. The standard InChI is InChI=1S/C25H30ClF2N5O2/c1-31-14-25(15-31)7-10-32(11-8-25)21(35)13-33(16-34)23(18-6-9-30-20(12-18)24(27)28)22(29)17-2-4-19(26)5-3-17/h2-6,9,12,24,34H,7-8,10-11,13-16,29H2,1H3/b23-22-. The molecule has 7 nitrogen and oxygen atoms in total. The van der Waals surface area contributed by atoms with Crippen LogP contribution in [0.3, 0.4) is 0 Å². The van der Waals surface area contributed by atoms with Crippen molar-refractivity contribution >= 4 is 28.9 Å². The first-order valence-corrected chi connectivity index (χ1v) is 11.9. The zero-order chi connectivity index (χ0) is 25.2. The van der Waals surface area contributed by atoms with Gasteiger partial charge in [0.15, 0.2) is 0 Å². The molecule has 1 spiro atoms. The number of likely N-dealkylation sites (tertiary alicyclic amines) is 2. The maximum absolute atomic E-state index is 13.4. The van der Waals surface area contributed by atoms with E-state index in [2.05, 4.69) is 16.9 Å². The molecule has 2 aromatic rings. The van der Waals surface area contributed by atoms with Gasteiger partial charge >= 0.3 is 0 Å². The highest BCUT2D eigenvalue weighted by atomic mass is 35.5. The van der Waals surface area contributed by atoms with Gasteiger partial charge in [0, 0.05) is 43.0 Å². The van der Waals surface area contributed by atoms with E-state index in [9.17, 15) is 18.7 Å². The predicted octanol–water partition coefficient (Wildman–Crippen LogP) is 3.26. The van der Waals surface area contributed by atoms with E-state index in [1.54, 1.807) is 29.2 Å². The Bertz CT molecular complexity index is 1080. The van der Waals surface area contributed by atoms with Crippen molar-refractivity contribution in [2.45, 2.75) is 19.3 Å². The quantitative estimate of drug-likeness (QED) is 0.562. The van der Waals surface area contributed by atoms with Gasteiger partial charge in [0.25, 0.3) is 6.43 Å². The van der Waals surface area contributed by atoms with Crippen molar-refractivity contribution in [3.8, 4) is 0 Å². The molecular formula is C25H30ClF2N5O2. The van der Waals surface area contributed by atoms with Crippen LogP contribution >= 0.6 is 11.6 Å². The average molecular weight is 506 g/mol. The van der Waals surface area contributed by atoms with Crippen LogP contribution in [0.25, 0.3) is 11.4 Å². The number of aliphatic hydroxyl groups excluding tert-OH is 1. The first-order valence-electron chi connectivity index (χ1n) is 11.5. The Hall–Kier alpha value is -2.75. The second-order valence-corrected chi connectivity index (χ2v) is 9.87. The number of amides is 1. The van der Waals surface area contributed by atoms with Crippen molar-refractivity contribution in [2.24, 2.45) is 11.1 Å². The number of hydrogen-bond donors (Lipinski definition) is 2. The summed E-state index contributed by atoms with van der Waals surface area (Å²) in [6.07, 6.45) is 0.381. The smallest absolute Gasteiger partial charge is 0.280 e. The van der Waals surface area contributed by atoms with E-state index in [0.717, 1.165) is 25.9 Å². The molecule has 2 aliphatic rings. The number of rotatable bonds is 7. The summed E-state index contributed by atoms with van der Waals surface area (Å²) in [7, 11) is 2.10. The highest BCUT2D eigenvalue weighted by Crippen LogP contribution is 2.39. The molecule has 3 N–H and O–H groups in total. The lowest BCUT2D eigenvalue weighted by Gasteiger charge is -2.53. The van der Waals surface area contributed by atoms with Crippen LogP contribution in [0.2, 0.25) is 5.02 Å². The second kappa shape index (κ2) is 10.5. The fraction of sp³-hybridized carbons (Fsp3) is 0.440. The summed E-state index contributed by atoms with van der Waals surface area (Å²) in [6.45, 7) is 2.75. The molecule has 3 heterocycles. The van der Waals surface area contributed by atoms with Crippen LogP contribution in [0.15, 0.2) is 42.6 Å². The van der Waals surface area contributed by atoms with Gasteiger partial charge in [0.05, 0.1) is 17.9 Å². The Labute approximate surface area is 208 Å². The van der Waals surface area contributed by atoms with Crippen LogP contribution in [-0.4, -0.2) is 77.2 Å². The minimum atomic E-state index is -2.77. The highest BCUT2D eigenvalue weighted by molar-refractivity contribution is 6.30. The highest BCUT2D eigenvalue weighted by Gasteiger charge is 2.43. The molecule has 10 heteroatoms. The van der Waals surface area contributed by atoms with Crippen LogP contribution in [0, 0.1) is 5.41 Å². The van der Waals surface area contributed by atoms with Gasteiger partial charge in [-0.1, -0.05) is 23.7 Å². The number of piperidine rings is 1. The molecule has 35 heavy (non-hydrogen) atoms. The SMILES string of the molecule is CN1CC2(CCN(C(=O)CN(CO)/C(=C(\N)c3ccc(Cl)cc3)c3ccnc(C(F)F)c3)CC2)C1. The number of aromatic nitrogens is 1. The number of carbonyl (C=O) groups is 1. The van der Waals surface area contributed by atoms with Crippen molar-refractivity contribution in [1.82, 2.24) is 19.7 Å². The van der Waals surface area contributed by atoms with E-state index in [1.807, 2.05) is 0 Å². The molecule has 2 saturated heterocycles. The zero-order valence-electron chi connectivity index (χ0n) is 19.6. The summed E-state index contributed by atoms with van der Waals surface area (Å²) in [4.78, 5) is 22.4. The molecule has 4 rings (SSSR count). The van der Waals surface area contributed by atoms with Gasteiger partial charge in [0.1, 0.15) is 12.4 Å². The molecule has 1 aromatic carbocycles. The third-order valence-electron chi connectivity index (χ3n) is 6.89. The van der Waals surface area contributed by atoms with Gasteiger partial charge in [-0.2, -0.15) is 0 Å². The molecular weight excluding hydrogens is 476 g/mol. The molecule has 0 aliphatic carbocycles. The van der Waals surface area contributed by atoms with E-state index in [-0.39, 0.29) is 23.8 Å². The number of nitrogens with zero attached hydrogens (tertiary/aromatic N) is 4. The molecule has 0 atom stereocenters. The first-order chi connectivity index (χ1) is 16.7. The number of nitrogens with two attached hydrogens (primary N) is 1. The van der Waals surface area contributed by atoms with Crippen LogP contribution < -0.4 is 5.73 Å². The summed E-state index contributed by atoms with van der Waals surface area (Å²) in [5, 5.41) is 10.8. The summed E-state index contributed by atoms with van der Waals surface area (Å²) < 4.78 is 26.8. The molecule has 1 aromatic heterocycles. The van der Waals surface area contributed by atoms with Gasteiger partial charge in [-0.05, 0) is 55.1 Å². The average Bonchev–Trinajstić information content (AvgIpc) is 2.83. The maximum atomic E-state index is 13.4. The Kier molecular flexibility index (Phi) is 7.59. The van der Waals surface area contributed by atoms with Crippen LogP contribution in [0.1, 0.15) is 36.1 Å². The van der Waals surface area contributed by atoms with E-state index in [1.165, 1.54) is 23.2 Å². The van der Waals surface area contributed by atoms with Crippen LogP contribution in [0.4, 0.5) is 8.78 Å². The number of benzene rings is 1. The molecule has 188 valence electrons. The number of halogens is 3. The van der Waals surface area contributed by atoms with E-state index in [0.29, 0.717) is 34.7 Å². The Morgan fingerprint density at radius 1 is 1.20 bits per heavy atom. The number of aliphatic hydroxyl groups is 1. The first kappa shape index (κ1) is 25.3. The summed E-state index contributed by atoms with van der Waals surface area (Å²) >= 11 is 6.00. The number of hydrogen-bond acceptors (Lipinski definition) is 6. The van der Waals surface area contributed by atoms with E-state index >= 15 is 0 Å². The fourth-order valence-corrected chi connectivity index (χ4v) is 5.22. The molecule has 2 aliphatic heterocycles. The fourth-order valence-electron chi connectivity index (χ4n) is 5.10. The van der Waals surface area contributed by atoms with Crippen LogP contribution in [-0.2, 0) is 4.79 Å². The lowest BCUT2D eigenvalue weighted by Crippen LogP contribution is -2.59. The van der Waals surface area contributed by atoms with E-state index in [4.69, 9.17) is 17.3 Å². The molecule has 0 unspecified atom stereocenters. The molecule has 0 radical (unpaired) electrons. The lowest BCUT2D eigenvalue weighted by molar-refractivity contribution is -0.137. The minimum absolute atomic E-state index is 0.140. The molecule has 0 saturated carbocycles. The monoisotopic (exact) mass is 505 g/mol. The molecule has 1 amide bonds. The largest absolute Gasteiger partial charge is 0.397 e. The van der Waals surface area contributed by atoms with E-state index < -0.39 is 18.9 Å². The lowest BCUT2D eigenvalue weighted by atomic mass is 9.72. The number of carbonyl (C=O) groups excluding carboxylic acids is 1. The second-order valence-electron chi connectivity index (χ2n) is 9.43. The van der Waals surface area contributed by atoms with Gasteiger partial charge in [-0.3, -0.25) is 9.78 Å². The van der Waals surface area contributed by atoms with Crippen molar-refractivity contribution in [1.29, 1.82) is 0 Å². The molecule has 2 fully saturated rings. The van der Waals surface area contributed by atoms with Gasteiger partial charge in [-0.15, -0.1) is 0 Å². The summed E-state index contributed by atoms with van der Waals surface area (Å²) in [5.74, 6) is -0.147. The van der Waals surface area contributed by atoms with Gasteiger partial charge in [-0.25, -0.2) is 8.78 Å². The topological polar surface area (TPSA) is 85.9 Å². The predicted molar refractivity (Wildman–Crippen MR) is 131 cm³/mol. The third kappa shape index (κ3) is 5.58. The Morgan fingerprint density at radius 2 is 1.86 bits per heavy atom.